The van der Waals surface area contributed by atoms with E-state index in [9.17, 15) is 5.11 Å². The van der Waals surface area contributed by atoms with Gasteiger partial charge in [0, 0.05) is 23.9 Å². The lowest BCUT2D eigenvalue weighted by molar-refractivity contribution is 0.0616. The predicted octanol–water partition coefficient (Wildman–Crippen LogP) is 2.68. The molecule has 0 bridgehead atoms. The molecule has 2 nitrogen and oxygen atoms in total. The maximum absolute atomic E-state index is 10.3. The average molecular weight is 233 g/mol. The zero-order valence-corrected chi connectivity index (χ0v) is 10.1. The third-order valence-electron chi connectivity index (χ3n) is 2.47. The molecular weight excluding hydrogens is 218 g/mol. The number of hydrogen-bond acceptors (Lipinski definition) is 3. The predicted molar refractivity (Wildman–Crippen MR) is 66.6 cm³/mol. The molecule has 2 aromatic rings. The number of aliphatic hydroxyl groups is 1. The monoisotopic (exact) mass is 233 g/mol. The highest BCUT2D eigenvalue weighted by molar-refractivity contribution is 7.09. The first-order chi connectivity index (χ1) is 7.66. The molecule has 16 heavy (non-hydrogen) atoms. The van der Waals surface area contributed by atoms with Crippen molar-refractivity contribution < 1.29 is 5.11 Å². The summed E-state index contributed by atoms with van der Waals surface area (Å²) in [5.41, 5.74) is 2.26. The highest BCUT2D eigenvalue weighted by Gasteiger charge is 2.22. The van der Waals surface area contributed by atoms with Crippen LogP contribution in [-0.2, 0) is 12.8 Å². The van der Waals surface area contributed by atoms with E-state index in [4.69, 9.17) is 0 Å². The van der Waals surface area contributed by atoms with Gasteiger partial charge in [-0.15, -0.1) is 11.3 Å². The van der Waals surface area contributed by atoms with E-state index in [-0.39, 0.29) is 0 Å². The second-order valence-corrected chi connectivity index (χ2v) is 5.27. The summed E-state index contributed by atoms with van der Waals surface area (Å²) in [5.74, 6) is 0. The normalized spacial score (nSPS) is 14.6. The molecule has 0 radical (unpaired) electrons. The van der Waals surface area contributed by atoms with Crippen molar-refractivity contribution in [2.75, 3.05) is 0 Å². The summed E-state index contributed by atoms with van der Waals surface area (Å²) in [4.78, 5) is 5.15. The standard InChI is InChI=1S/C13H15NOS/c1-13(15,8-12-9-14-10-16-12)7-11-5-3-2-4-6-11/h2-6,9-10,15H,7-8H2,1H3. The molecule has 0 aliphatic carbocycles. The topological polar surface area (TPSA) is 33.1 Å². The lowest BCUT2D eigenvalue weighted by Gasteiger charge is -2.22. The van der Waals surface area contributed by atoms with Gasteiger partial charge in [-0.05, 0) is 12.5 Å². The van der Waals surface area contributed by atoms with Crippen LogP contribution in [0.15, 0.2) is 42.0 Å². The van der Waals surface area contributed by atoms with Gasteiger partial charge in [-0.3, -0.25) is 4.98 Å². The molecule has 1 N–H and O–H groups in total. The fraction of sp³-hybridized carbons (Fsp3) is 0.308. The minimum absolute atomic E-state index is 0.659. The van der Waals surface area contributed by atoms with Crippen molar-refractivity contribution in [1.29, 1.82) is 0 Å². The number of rotatable bonds is 4. The van der Waals surface area contributed by atoms with Crippen molar-refractivity contribution in [2.24, 2.45) is 0 Å². The summed E-state index contributed by atoms with van der Waals surface area (Å²) in [6.45, 7) is 1.87. The molecule has 1 atom stereocenters. The smallest absolute Gasteiger partial charge is 0.0794 e. The number of benzene rings is 1. The molecule has 1 heterocycles. The minimum atomic E-state index is -0.701. The SMILES string of the molecule is CC(O)(Cc1ccccc1)Cc1cncs1. The number of thiazole rings is 1. The molecule has 0 saturated carbocycles. The van der Waals surface area contributed by atoms with Crippen LogP contribution in [0, 0.1) is 0 Å². The van der Waals surface area contributed by atoms with Crippen LogP contribution in [0.5, 0.6) is 0 Å². The van der Waals surface area contributed by atoms with Crippen LogP contribution in [-0.4, -0.2) is 15.7 Å². The molecule has 0 aliphatic heterocycles. The zero-order chi connectivity index (χ0) is 11.4. The molecule has 84 valence electrons. The fourth-order valence-corrected chi connectivity index (χ4v) is 2.58. The van der Waals surface area contributed by atoms with Crippen LogP contribution in [0.4, 0.5) is 0 Å². The van der Waals surface area contributed by atoms with Crippen molar-refractivity contribution in [1.82, 2.24) is 4.98 Å². The second-order valence-electron chi connectivity index (χ2n) is 4.30. The first-order valence-electron chi connectivity index (χ1n) is 5.29. The first kappa shape index (κ1) is 11.3. The lowest BCUT2D eigenvalue weighted by Crippen LogP contribution is -2.29. The van der Waals surface area contributed by atoms with Gasteiger partial charge in [0.1, 0.15) is 0 Å². The van der Waals surface area contributed by atoms with E-state index in [1.165, 1.54) is 0 Å². The molecule has 3 heteroatoms. The van der Waals surface area contributed by atoms with E-state index >= 15 is 0 Å². The van der Waals surface area contributed by atoms with Gasteiger partial charge in [0.25, 0.3) is 0 Å². The van der Waals surface area contributed by atoms with Crippen molar-refractivity contribution >= 4 is 11.3 Å². The first-order valence-corrected chi connectivity index (χ1v) is 6.17. The van der Waals surface area contributed by atoms with E-state index in [1.54, 1.807) is 16.8 Å². The van der Waals surface area contributed by atoms with Gasteiger partial charge < -0.3 is 5.11 Å². The average Bonchev–Trinajstić information content (AvgIpc) is 2.70. The zero-order valence-electron chi connectivity index (χ0n) is 9.26. The fourth-order valence-electron chi connectivity index (χ4n) is 1.80. The Morgan fingerprint density at radius 1 is 1.25 bits per heavy atom. The Kier molecular flexibility index (Phi) is 3.36. The van der Waals surface area contributed by atoms with Crippen LogP contribution < -0.4 is 0 Å². The van der Waals surface area contributed by atoms with E-state index in [1.807, 2.05) is 43.5 Å². The molecule has 0 spiro atoms. The van der Waals surface area contributed by atoms with Crippen molar-refractivity contribution in [3.63, 3.8) is 0 Å². The van der Waals surface area contributed by atoms with Gasteiger partial charge in [0.2, 0.25) is 0 Å². The van der Waals surface area contributed by atoms with E-state index in [0.717, 1.165) is 10.4 Å². The molecular formula is C13H15NOS. The quantitative estimate of drug-likeness (QED) is 0.880. The third kappa shape index (κ3) is 3.15. The van der Waals surface area contributed by atoms with Gasteiger partial charge in [-0.2, -0.15) is 0 Å². The summed E-state index contributed by atoms with van der Waals surface area (Å²) in [6, 6.07) is 10.1. The molecule has 0 saturated heterocycles. The van der Waals surface area contributed by atoms with Crippen molar-refractivity contribution in [3.8, 4) is 0 Å². The third-order valence-corrected chi connectivity index (χ3v) is 3.25. The minimum Gasteiger partial charge on any atom is -0.389 e. The molecule has 1 unspecified atom stereocenters. The Hall–Kier alpha value is -1.19. The summed E-state index contributed by atoms with van der Waals surface area (Å²) in [6.07, 6.45) is 3.16. The largest absolute Gasteiger partial charge is 0.389 e. The summed E-state index contributed by atoms with van der Waals surface area (Å²) in [5, 5.41) is 10.3. The van der Waals surface area contributed by atoms with Gasteiger partial charge in [-0.1, -0.05) is 30.3 Å². The van der Waals surface area contributed by atoms with Gasteiger partial charge in [-0.25, -0.2) is 0 Å². The van der Waals surface area contributed by atoms with Gasteiger partial charge in [0.05, 0.1) is 11.1 Å². The van der Waals surface area contributed by atoms with Gasteiger partial charge >= 0.3 is 0 Å². The Morgan fingerprint density at radius 3 is 2.62 bits per heavy atom. The molecule has 0 amide bonds. The van der Waals surface area contributed by atoms with Crippen LogP contribution >= 0.6 is 11.3 Å². The highest BCUT2D eigenvalue weighted by atomic mass is 32.1. The summed E-state index contributed by atoms with van der Waals surface area (Å²) in [7, 11) is 0. The Labute approximate surface area is 99.6 Å². The van der Waals surface area contributed by atoms with E-state index in [0.29, 0.717) is 12.8 Å². The van der Waals surface area contributed by atoms with E-state index in [2.05, 4.69) is 4.98 Å². The van der Waals surface area contributed by atoms with Crippen molar-refractivity contribution in [2.45, 2.75) is 25.4 Å². The second kappa shape index (κ2) is 4.76. The van der Waals surface area contributed by atoms with Crippen LogP contribution in [0.25, 0.3) is 0 Å². The number of aromatic nitrogens is 1. The number of nitrogens with zero attached hydrogens (tertiary/aromatic N) is 1. The molecule has 0 aliphatic rings. The highest BCUT2D eigenvalue weighted by Crippen LogP contribution is 2.20. The number of hydrogen-bond donors (Lipinski definition) is 1. The molecule has 1 aromatic carbocycles. The Morgan fingerprint density at radius 2 is 2.00 bits per heavy atom. The van der Waals surface area contributed by atoms with Crippen LogP contribution in [0.3, 0.4) is 0 Å². The maximum atomic E-state index is 10.3. The lowest BCUT2D eigenvalue weighted by atomic mass is 9.93. The van der Waals surface area contributed by atoms with Crippen molar-refractivity contribution in [3.05, 3.63) is 52.5 Å². The Balaban J connectivity index is 2.03. The molecule has 0 fully saturated rings. The van der Waals surface area contributed by atoms with Crippen LogP contribution in [0.1, 0.15) is 17.4 Å². The van der Waals surface area contributed by atoms with E-state index < -0.39 is 5.60 Å². The van der Waals surface area contributed by atoms with Crippen LogP contribution in [0.2, 0.25) is 0 Å². The summed E-state index contributed by atoms with van der Waals surface area (Å²) >= 11 is 1.59. The summed E-state index contributed by atoms with van der Waals surface area (Å²) < 4.78 is 0. The molecule has 1 aromatic heterocycles. The Bertz CT molecular complexity index is 422. The maximum Gasteiger partial charge on any atom is 0.0794 e. The van der Waals surface area contributed by atoms with Gasteiger partial charge in [0.15, 0.2) is 0 Å². The molecule has 2 rings (SSSR count).